The maximum Gasteiger partial charge on any atom is 0.229 e. The highest BCUT2D eigenvalue weighted by atomic mass is 35.5. The van der Waals surface area contributed by atoms with Crippen molar-refractivity contribution in [2.24, 2.45) is 0 Å². The quantitative estimate of drug-likeness (QED) is 0.890. The lowest BCUT2D eigenvalue weighted by Gasteiger charge is -2.19. The Morgan fingerprint density at radius 2 is 2.05 bits per heavy atom. The van der Waals surface area contributed by atoms with Gasteiger partial charge < -0.3 is 10.2 Å². The Morgan fingerprint density at radius 1 is 1.29 bits per heavy atom. The molecule has 0 spiro atoms. The molecule has 7 heteroatoms. The van der Waals surface area contributed by atoms with Crippen LogP contribution in [0.2, 0.25) is 5.02 Å². The summed E-state index contributed by atoms with van der Waals surface area (Å²) < 4.78 is 25.1. The van der Waals surface area contributed by atoms with Crippen LogP contribution >= 0.6 is 11.6 Å². The second kappa shape index (κ2) is 6.85. The first kappa shape index (κ1) is 16.4. The van der Waals surface area contributed by atoms with Crippen LogP contribution in [-0.4, -0.2) is 45.8 Å². The molecule has 1 saturated heterocycles. The third kappa shape index (κ3) is 5.37. The molecule has 1 aliphatic heterocycles. The van der Waals surface area contributed by atoms with Gasteiger partial charge >= 0.3 is 0 Å². The Labute approximate surface area is 131 Å². The zero-order valence-electron chi connectivity index (χ0n) is 12.4. The van der Waals surface area contributed by atoms with Gasteiger partial charge in [0, 0.05) is 6.04 Å². The van der Waals surface area contributed by atoms with E-state index in [9.17, 15) is 8.42 Å². The molecule has 2 N–H and O–H groups in total. The fourth-order valence-corrected chi connectivity index (χ4v) is 3.24. The molecule has 0 radical (unpaired) electrons. The molecule has 0 aliphatic carbocycles. The number of benzene rings is 1. The molecule has 0 amide bonds. The predicted molar refractivity (Wildman–Crippen MR) is 88.7 cm³/mol. The molecule has 1 heterocycles. The summed E-state index contributed by atoms with van der Waals surface area (Å²) in [4.78, 5) is 2.32. The Bertz CT molecular complexity index is 592. The second-order valence-corrected chi connectivity index (χ2v) is 7.80. The topological polar surface area (TPSA) is 61.4 Å². The van der Waals surface area contributed by atoms with Crippen LogP contribution in [0.15, 0.2) is 18.2 Å². The zero-order valence-corrected chi connectivity index (χ0v) is 14.0. The second-order valence-electron chi connectivity index (χ2n) is 5.64. The van der Waals surface area contributed by atoms with Gasteiger partial charge in [-0.15, -0.1) is 0 Å². The summed E-state index contributed by atoms with van der Waals surface area (Å²) in [5, 5.41) is 4.05. The maximum atomic E-state index is 11.3. The van der Waals surface area contributed by atoms with Crippen molar-refractivity contribution < 1.29 is 8.42 Å². The lowest BCUT2D eigenvalue weighted by molar-refractivity contribution is 0.348. The molecule has 118 valence electrons. The number of hydrogen-bond donors (Lipinski definition) is 2. The van der Waals surface area contributed by atoms with Crippen molar-refractivity contribution >= 4 is 33.0 Å². The lowest BCUT2D eigenvalue weighted by Crippen LogP contribution is -2.23. The molecule has 1 fully saturated rings. The molecule has 0 saturated carbocycles. The van der Waals surface area contributed by atoms with E-state index < -0.39 is 10.0 Å². The SMILES string of the molecule is CN1CCCC(Nc2cc(NS(C)(=O)=O)ccc2Cl)CC1. The first-order valence-electron chi connectivity index (χ1n) is 7.06. The highest BCUT2D eigenvalue weighted by Crippen LogP contribution is 2.28. The minimum Gasteiger partial charge on any atom is -0.381 e. The molecule has 1 aliphatic rings. The fourth-order valence-electron chi connectivity index (χ4n) is 2.52. The van der Waals surface area contributed by atoms with Crippen LogP contribution in [0.4, 0.5) is 11.4 Å². The average molecular weight is 332 g/mol. The Balaban J connectivity index is 2.09. The number of likely N-dealkylation sites (tertiary alicyclic amines) is 1. The first-order valence-corrected chi connectivity index (χ1v) is 9.33. The normalized spacial score (nSPS) is 20.8. The number of sulfonamides is 1. The molecule has 1 atom stereocenters. The Hall–Kier alpha value is -0.980. The van der Waals surface area contributed by atoms with Crippen LogP contribution in [-0.2, 0) is 10.0 Å². The molecule has 21 heavy (non-hydrogen) atoms. The van der Waals surface area contributed by atoms with E-state index in [1.165, 1.54) is 0 Å². The van der Waals surface area contributed by atoms with Gasteiger partial charge in [-0.1, -0.05) is 11.6 Å². The van der Waals surface area contributed by atoms with Crippen LogP contribution < -0.4 is 10.0 Å². The van der Waals surface area contributed by atoms with E-state index >= 15 is 0 Å². The summed E-state index contributed by atoms with van der Waals surface area (Å²) in [6.45, 7) is 2.16. The molecular formula is C14H22ClN3O2S. The molecular weight excluding hydrogens is 310 g/mol. The molecule has 1 unspecified atom stereocenters. The first-order chi connectivity index (χ1) is 9.83. The summed E-state index contributed by atoms with van der Waals surface area (Å²) in [7, 11) is -1.15. The van der Waals surface area contributed by atoms with Gasteiger partial charge in [-0.3, -0.25) is 4.72 Å². The van der Waals surface area contributed by atoms with E-state index in [1.807, 2.05) is 0 Å². The standard InChI is InChI=1S/C14H22ClN3O2S/c1-18-8-3-4-11(7-9-18)16-14-10-12(5-6-13(14)15)17-21(2,19)20/h5-6,10-11,16-17H,3-4,7-9H2,1-2H3. The van der Waals surface area contributed by atoms with Crippen molar-refractivity contribution in [2.45, 2.75) is 25.3 Å². The third-order valence-electron chi connectivity index (χ3n) is 3.58. The van der Waals surface area contributed by atoms with Gasteiger partial charge in [0.2, 0.25) is 10.0 Å². The van der Waals surface area contributed by atoms with Gasteiger partial charge in [0.05, 0.1) is 22.7 Å². The van der Waals surface area contributed by atoms with Crippen LogP contribution in [0.5, 0.6) is 0 Å². The molecule has 0 bridgehead atoms. The monoisotopic (exact) mass is 331 g/mol. The summed E-state index contributed by atoms with van der Waals surface area (Å²) in [5.74, 6) is 0. The van der Waals surface area contributed by atoms with Crippen LogP contribution in [0.1, 0.15) is 19.3 Å². The molecule has 2 rings (SSSR count). The van der Waals surface area contributed by atoms with Crippen molar-refractivity contribution in [3.05, 3.63) is 23.2 Å². The summed E-state index contributed by atoms with van der Waals surface area (Å²) >= 11 is 6.21. The summed E-state index contributed by atoms with van der Waals surface area (Å²) in [5.41, 5.74) is 1.30. The van der Waals surface area contributed by atoms with E-state index in [-0.39, 0.29) is 0 Å². The largest absolute Gasteiger partial charge is 0.381 e. The predicted octanol–water partition coefficient (Wildman–Crippen LogP) is 2.61. The van der Waals surface area contributed by atoms with Crippen molar-refractivity contribution in [1.29, 1.82) is 0 Å². The van der Waals surface area contributed by atoms with Crippen LogP contribution in [0, 0.1) is 0 Å². The average Bonchev–Trinajstić information content (AvgIpc) is 2.57. The van der Waals surface area contributed by atoms with E-state index in [1.54, 1.807) is 18.2 Å². The van der Waals surface area contributed by atoms with E-state index in [4.69, 9.17) is 11.6 Å². The molecule has 5 nitrogen and oxygen atoms in total. The minimum absolute atomic E-state index is 0.362. The van der Waals surface area contributed by atoms with Gasteiger partial charge in [-0.2, -0.15) is 0 Å². The van der Waals surface area contributed by atoms with E-state index in [0.717, 1.165) is 44.3 Å². The maximum absolute atomic E-state index is 11.3. The highest BCUT2D eigenvalue weighted by Gasteiger charge is 2.16. The van der Waals surface area contributed by atoms with Gasteiger partial charge in [-0.25, -0.2) is 8.42 Å². The smallest absolute Gasteiger partial charge is 0.229 e. The Kier molecular flexibility index (Phi) is 5.35. The summed E-state index contributed by atoms with van der Waals surface area (Å²) in [6, 6.07) is 5.48. The van der Waals surface area contributed by atoms with Gasteiger partial charge in [-0.05, 0) is 57.6 Å². The highest BCUT2D eigenvalue weighted by molar-refractivity contribution is 7.92. The van der Waals surface area contributed by atoms with Gasteiger partial charge in [0.15, 0.2) is 0 Å². The van der Waals surface area contributed by atoms with Gasteiger partial charge in [0.1, 0.15) is 0 Å². The number of hydrogen-bond acceptors (Lipinski definition) is 4. The third-order valence-corrected chi connectivity index (χ3v) is 4.52. The van der Waals surface area contributed by atoms with Crippen LogP contribution in [0.25, 0.3) is 0 Å². The summed E-state index contributed by atoms with van der Waals surface area (Å²) in [6.07, 6.45) is 4.42. The van der Waals surface area contributed by atoms with Gasteiger partial charge in [0.25, 0.3) is 0 Å². The fraction of sp³-hybridized carbons (Fsp3) is 0.571. The zero-order chi connectivity index (χ0) is 15.5. The molecule has 0 aromatic heterocycles. The van der Waals surface area contributed by atoms with Crippen molar-refractivity contribution in [3.63, 3.8) is 0 Å². The number of halogens is 1. The minimum atomic E-state index is -3.28. The number of nitrogens with zero attached hydrogens (tertiary/aromatic N) is 1. The van der Waals surface area contributed by atoms with E-state index in [0.29, 0.717) is 16.8 Å². The number of nitrogens with one attached hydrogen (secondary N) is 2. The van der Waals surface area contributed by atoms with Crippen molar-refractivity contribution in [1.82, 2.24) is 4.90 Å². The molecule has 1 aromatic rings. The Morgan fingerprint density at radius 3 is 2.76 bits per heavy atom. The van der Waals surface area contributed by atoms with Crippen molar-refractivity contribution in [3.8, 4) is 0 Å². The number of anilines is 2. The molecule has 1 aromatic carbocycles. The van der Waals surface area contributed by atoms with Crippen molar-refractivity contribution in [2.75, 3.05) is 36.4 Å². The van der Waals surface area contributed by atoms with E-state index in [2.05, 4.69) is 22.0 Å². The lowest BCUT2D eigenvalue weighted by atomic mass is 10.1. The number of rotatable bonds is 4. The van der Waals surface area contributed by atoms with Crippen LogP contribution in [0.3, 0.4) is 0 Å².